The Kier molecular flexibility index (Phi) is 4.33. The van der Waals surface area contributed by atoms with Gasteiger partial charge in [0.05, 0.1) is 0 Å². The van der Waals surface area contributed by atoms with Crippen molar-refractivity contribution in [3.63, 3.8) is 0 Å². The Hall–Kier alpha value is -1.67. The molecule has 0 saturated heterocycles. The molecule has 0 bridgehead atoms. The molecule has 0 aliphatic heterocycles. The Balaban J connectivity index is 2.04. The zero-order chi connectivity index (χ0) is 13.8. The zero-order valence-corrected chi connectivity index (χ0v) is 11.7. The summed E-state index contributed by atoms with van der Waals surface area (Å²) in [5.41, 5.74) is 4.90. The van der Waals surface area contributed by atoms with Gasteiger partial charge in [-0.2, -0.15) is 0 Å². The Morgan fingerprint density at radius 1 is 1.11 bits per heavy atom. The minimum Gasteiger partial charge on any atom is -0.306 e. The van der Waals surface area contributed by atoms with Crippen molar-refractivity contribution in [1.82, 2.24) is 5.32 Å². The number of hydrogen-bond donors (Lipinski definition) is 1. The topological polar surface area (TPSA) is 12.0 Å². The second kappa shape index (κ2) is 5.98. The van der Waals surface area contributed by atoms with Crippen molar-refractivity contribution < 1.29 is 4.39 Å². The van der Waals surface area contributed by atoms with Crippen LogP contribution in [0.4, 0.5) is 4.39 Å². The van der Waals surface area contributed by atoms with Crippen LogP contribution in [0, 0.1) is 19.7 Å². The molecule has 0 aliphatic rings. The van der Waals surface area contributed by atoms with Crippen molar-refractivity contribution in [2.45, 2.75) is 33.4 Å². The maximum absolute atomic E-state index is 13.2. The fraction of sp³-hybridized carbons (Fsp3) is 0.294. The molecule has 1 atom stereocenters. The first-order valence-electron chi connectivity index (χ1n) is 6.62. The van der Waals surface area contributed by atoms with E-state index in [9.17, 15) is 4.39 Å². The van der Waals surface area contributed by atoms with Crippen molar-refractivity contribution in [1.29, 1.82) is 0 Å². The predicted molar refractivity (Wildman–Crippen MR) is 77.6 cm³/mol. The van der Waals surface area contributed by atoms with E-state index in [4.69, 9.17) is 0 Å². The largest absolute Gasteiger partial charge is 0.306 e. The molecule has 0 fully saturated rings. The molecule has 2 aromatic carbocycles. The first-order valence-corrected chi connectivity index (χ1v) is 6.62. The highest BCUT2D eigenvalue weighted by molar-refractivity contribution is 5.33. The van der Waals surface area contributed by atoms with E-state index < -0.39 is 0 Å². The molecule has 0 heterocycles. The van der Waals surface area contributed by atoms with Crippen molar-refractivity contribution in [3.8, 4) is 0 Å². The van der Waals surface area contributed by atoms with Gasteiger partial charge >= 0.3 is 0 Å². The highest BCUT2D eigenvalue weighted by atomic mass is 19.1. The SMILES string of the molecule is Cc1cccc(CN[C@H](C)c2cccc(F)c2)c1C. The fourth-order valence-electron chi connectivity index (χ4n) is 2.16. The van der Waals surface area contributed by atoms with Crippen molar-refractivity contribution >= 4 is 0 Å². The lowest BCUT2D eigenvalue weighted by Gasteiger charge is -2.16. The van der Waals surface area contributed by atoms with Crippen LogP contribution in [-0.4, -0.2) is 0 Å². The van der Waals surface area contributed by atoms with Crippen LogP contribution < -0.4 is 5.32 Å². The molecule has 0 radical (unpaired) electrons. The average Bonchev–Trinajstić information content (AvgIpc) is 2.40. The van der Waals surface area contributed by atoms with Gasteiger partial charge in [-0.15, -0.1) is 0 Å². The lowest BCUT2D eigenvalue weighted by molar-refractivity contribution is 0.564. The van der Waals surface area contributed by atoms with Crippen molar-refractivity contribution in [2.75, 3.05) is 0 Å². The Morgan fingerprint density at radius 2 is 1.84 bits per heavy atom. The Morgan fingerprint density at radius 3 is 2.58 bits per heavy atom. The quantitative estimate of drug-likeness (QED) is 0.861. The van der Waals surface area contributed by atoms with E-state index in [-0.39, 0.29) is 11.9 Å². The van der Waals surface area contributed by atoms with Gasteiger partial charge in [-0.05, 0) is 55.2 Å². The second-order valence-corrected chi connectivity index (χ2v) is 5.02. The molecule has 0 saturated carbocycles. The van der Waals surface area contributed by atoms with Crippen LogP contribution in [0.25, 0.3) is 0 Å². The van der Waals surface area contributed by atoms with Gasteiger partial charge < -0.3 is 5.32 Å². The van der Waals surface area contributed by atoms with Crippen LogP contribution in [0.15, 0.2) is 42.5 Å². The van der Waals surface area contributed by atoms with E-state index in [0.717, 1.165) is 12.1 Å². The van der Waals surface area contributed by atoms with Gasteiger partial charge in [0, 0.05) is 12.6 Å². The molecule has 0 spiro atoms. The smallest absolute Gasteiger partial charge is 0.123 e. The van der Waals surface area contributed by atoms with Gasteiger partial charge in [0.2, 0.25) is 0 Å². The maximum Gasteiger partial charge on any atom is 0.123 e. The molecule has 0 amide bonds. The summed E-state index contributed by atoms with van der Waals surface area (Å²) in [6, 6.07) is 13.2. The summed E-state index contributed by atoms with van der Waals surface area (Å²) in [7, 11) is 0. The molecule has 19 heavy (non-hydrogen) atoms. The number of benzene rings is 2. The van der Waals surface area contributed by atoms with E-state index in [2.05, 4.69) is 44.3 Å². The molecular formula is C17H20FN. The normalized spacial score (nSPS) is 12.4. The molecule has 2 heteroatoms. The van der Waals surface area contributed by atoms with Crippen LogP contribution in [0.5, 0.6) is 0 Å². The van der Waals surface area contributed by atoms with E-state index >= 15 is 0 Å². The molecule has 1 nitrogen and oxygen atoms in total. The Labute approximate surface area is 114 Å². The highest BCUT2D eigenvalue weighted by Gasteiger charge is 2.07. The molecule has 2 aromatic rings. The van der Waals surface area contributed by atoms with Gasteiger partial charge in [0.1, 0.15) is 5.82 Å². The molecule has 0 unspecified atom stereocenters. The highest BCUT2D eigenvalue weighted by Crippen LogP contribution is 2.16. The van der Waals surface area contributed by atoms with E-state index in [1.165, 1.54) is 22.8 Å². The third kappa shape index (κ3) is 3.42. The Bertz CT molecular complexity index is 563. The van der Waals surface area contributed by atoms with Crippen molar-refractivity contribution in [2.24, 2.45) is 0 Å². The third-order valence-corrected chi connectivity index (χ3v) is 3.66. The van der Waals surface area contributed by atoms with Crippen LogP contribution in [0.2, 0.25) is 0 Å². The summed E-state index contributed by atoms with van der Waals surface area (Å²) >= 11 is 0. The number of rotatable bonds is 4. The number of hydrogen-bond acceptors (Lipinski definition) is 1. The fourth-order valence-corrected chi connectivity index (χ4v) is 2.16. The summed E-state index contributed by atoms with van der Waals surface area (Å²) in [5, 5.41) is 3.44. The zero-order valence-electron chi connectivity index (χ0n) is 11.7. The van der Waals surface area contributed by atoms with Gasteiger partial charge in [0.25, 0.3) is 0 Å². The molecule has 2 rings (SSSR count). The first kappa shape index (κ1) is 13.8. The minimum atomic E-state index is -0.183. The number of nitrogens with one attached hydrogen (secondary N) is 1. The molecule has 0 aromatic heterocycles. The van der Waals surface area contributed by atoms with Crippen LogP contribution in [-0.2, 0) is 6.54 Å². The molecular weight excluding hydrogens is 237 g/mol. The lowest BCUT2D eigenvalue weighted by atomic mass is 10.0. The molecule has 1 N–H and O–H groups in total. The van der Waals surface area contributed by atoms with E-state index in [0.29, 0.717) is 0 Å². The van der Waals surface area contributed by atoms with Crippen molar-refractivity contribution in [3.05, 3.63) is 70.5 Å². The summed E-state index contributed by atoms with van der Waals surface area (Å²) in [4.78, 5) is 0. The number of aryl methyl sites for hydroxylation is 1. The van der Waals surface area contributed by atoms with Crippen LogP contribution in [0.3, 0.4) is 0 Å². The number of halogens is 1. The monoisotopic (exact) mass is 257 g/mol. The van der Waals surface area contributed by atoms with Gasteiger partial charge in [-0.1, -0.05) is 30.3 Å². The van der Waals surface area contributed by atoms with Crippen LogP contribution in [0.1, 0.15) is 35.2 Å². The summed E-state index contributed by atoms with van der Waals surface area (Å²) in [6.07, 6.45) is 0. The van der Waals surface area contributed by atoms with Gasteiger partial charge in [-0.25, -0.2) is 4.39 Å². The minimum absolute atomic E-state index is 0.135. The summed E-state index contributed by atoms with van der Waals surface area (Å²) in [5.74, 6) is -0.183. The average molecular weight is 257 g/mol. The summed E-state index contributed by atoms with van der Waals surface area (Å²) < 4.78 is 13.2. The molecule has 0 aliphatic carbocycles. The van der Waals surface area contributed by atoms with Crippen LogP contribution >= 0.6 is 0 Å². The van der Waals surface area contributed by atoms with Gasteiger partial charge in [0.15, 0.2) is 0 Å². The third-order valence-electron chi connectivity index (χ3n) is 3.66. The molecule has 100 valence electrons. The first-order chi connectivity index (χ1) is 9.08. The maximum atomic E-state index is 13.2. The standard InChI is InChI=1S/C17H20FN/c1-12-6-4-8-16(13(12)2)11-19-14(3)15-7-5-9-17(18)10-15/h4-10,14,19H,11H2,1-3H3/t14-/m1/s1. The summed E-state index contributed by atoms with van der Waals surface area (Å²) in [6.45, 7) is 7.11. The second-order valence-electron chi connectivity index (χ2n) is 5.02. The van der Waals surface area contributed by atoms with Gasteiger partial charge in [-0.3, -0.25) is 0 Å². The lowest BCUT2D eigenvalue weighted by Crippen LogP contribution is -2.18. The predicted octanol–water partition coefficient (Wildman–Crippen LogP) is 4.29. The van der Waals surface area contributed by atoms with E-state index in [1.807, 2.05) is 6.07 Å². The van der Waals surface area contributed by atoms with E-state index in [1.54, 1.807) is 12.1 Å².